The van der Waals surface area contributed by atoms with Crippen molar-refractivity contribution >= 4 is 5.82 Å². The van der Waals surface area contributed by atoms with E-state index in [0.29, 0.717) is 5.82 Å². The number of halogens is 3. The molecular formula is C7H8F3N3O. The zero-order chi connectivity index (χ0) is 10.6. The van der Waals surface area contributed by atoms with Crippen LogP contribution in [0.25, 0.3) is 0 Å². The lowest BCUT2D eigenvalue weighted by Gasteiger charge is -2.08. The van der Waals surface area contributed by atoms with Gasteiger partial charge in [0.25, 0.3) is 0 Å². The average molecular weight is 207 g/mol. The zero-order valence-electron chi connectivity index (χ0n) is 7.01. The Morgan fingerprint density at radius 3 is 2.57 bits per heavy atom. The normalized spacial score (nSPS) is 11.1. The molecule has 0 atom stereocenters. The van der Waals surface area contributed by atoms with E-state index in [2.05, 4.69) is 15.1 Å². The molecule has 78 valence electrons. The van der Waals surface area contributed by atoms with Crippen LogP contribution in [0.3, 0.4) is 0 Å². The van der Waals surface area contributed by atoms with E-state index < -0.39 is 12.8 Å². The molecule has 0 aliphatic carbocycles. The van der Waals surface area contributed by atoms with Gasteiger partial charge in [0.05, 0.1) is 6.20 Å². The zero-order valence-corrected chi connectivity index (χ0v) is 7.01. The number of pyridine rings is 1. The van der Waals surface area contributed by atoms with Crippen LogP contribution in [0.4, 0.5) is 19.0 Å². The first-order valence-corrected chi connectivity index (χ1v) is 3.63. The van der Waals surface area contributed by atoms with Crippen LogP contribution >= 0.6 is 0 Å². The fourth-order valence-corrected chi connectivity index (χ4v) is 0.716. The van der Waals surface area contributed by atoms with E-state index in [1.165, 1.54) is 12.1 Å². The number of hydrogen-bond acceptors (Lipinski definition) is 4. The third kappa shape index (κ3) is 3.48. The van der Waals surface area contributed by atoms with Gasteiger partial charge in [-0.2, -0.15) is 13.2 Å². The molecule has 0 fully saturated rings. The molecule has 3 N–H and O–H groups in total. The molecule has 7 heteroatoms. The number of alkyl halides is 3. The van der Waals surface area contributed by atoms with Crippen molar-refractivity contribution in [1.29, 1.82) is 0 Å². The van der Waals surface area contributed by atoms with Crippen LogP contribution in [0.15, 0.2) is 18.3 Å². The van der Waals surface area contributed by atoms with Gasteiger partial charge in [-0.15, -0.1) is 0 Å². The molecule has 4 nitrogen and oxygen atoms in total. The second kappa shape index (κ2) is 4.14. The second-order valence-electron chi connectivity index (χ2n) is 2.43. The van der Waals surface area contributed by atoms with E-state index in [1.807, 2.05) is 0 Å². The second-order valence-corrected chi connectivity index (χ2v) is 2.43. The predicted octanol–water partition coefficient (Wildman–Crippen LogP) is 1.31. The van der Waals surface area contributed by atoms with Gasteiger partial charge in [0, 0.05) is 0 Å². The molecule has 0 aliphatic rings. The van der Waals surface area contributed by atoms with Crippen LogP contribution in [0.2, 0.25) is 0 Å². The first kappa shape index (κ1) is 10.6. The lowest BCUT2D eigenvalue weighted by atomic mass is 10.4. The summed E-state index contributed by atoms with van der Waals surface area (Å²) < 4.78 is 39.5. The number of nitrogens with two attached hydrogens (primary N) is 1. The van der Waals surface area contributed by atoms with E-state index in [-0.39, 0.29) is 5.75 Å². The summed E-state index contributed by atoms with van der Waals surface area (Å²) in [6, 6.07) is 2.75. The van der Waals surface area contributed by atoms with Crippen LogP contribution in [0.5, 0.6) is 5.75 Å². The number of aromatic nitrogens is 1. The van der Waals surface area contributed by atoms with Crippen molar-refractivity contribution in [2.45, 2.75) is 6.18 Å². The molecular weight excluding hydrogens is 199 g/mol. The smallest absolute Gasteiger partial charge is 0.422 e. The molecule has 1 rings (SSSR count). The Bertz CT molecular complexity index is 285. The Morgan fingerprint density at radius 1 is 1.43 bits per heavy atom. The highest BCUT2D eigenvalue weighted by Crippen LogP contribution is 2.18. The number of anilines is 1. The molecule has 0 saturated heterocycles. The molecule has 1 aromatic heterocycles. The number of nitrogen functional groups attached to an aromatic ring is 1. The SMILES string of the molecule is NNc1ccc(OCC(F)(F)F)cn1. The standard InChI is InChI=1S/C7H8F3N3O/c8-7(9,10)4-14-5-1-2-6(13-11)12-3-5/h1-3H,4,11H2,(H,12,13). The maximum atomic E-state index is 11.7. The number of ether oxygens (including phenoxy) is 1. The van der Waals surface area contributed by atoms with Crippen molar-refractivity contribution in [2.75, 3.05) is 12.0 Å². The Balaban J connectivity index is 2.52. The quantitative estimate of drug-likeness (QED) is 0.579. The van der Waals surface area contributed by atoms with Gasteiger partial charge in [0.2, 0.25) is 0 Å². The Kier molecular flexibility index (Phi) is 3.13. The lowest BCUT2D eigenvalue weighted by molar-refractivity contribution is -0.153. The van der Waals surface area contributed by atoms with Crippen LogP contribution in [-0.2, 0) is 0 Å². The molecule has 0 unspecified atom stereocenters. The predicted molar refractivity (Wildman–Crippen MR) is 43.6 cm³/mol. The van der Waals surface area contributed by atoms with Gasteiger partial charge in [0.1, 0.15) is 11.6 Å². The molecule has 14 heavy (non-hydrogen) atoms. The highest BCUT2D eigenvalue weighted by Gasteiger charge is 2.28. The molecule has 0 bridgehead atoms. The van der Waals surface area contributed by atoms with Gasteiger partial charge in [-0.1, -0.05) is 0 Å². The minimum Gasteiger partial charge on any atom is -0.483 e. The van der Waals surface area contributed by atoms with Crippen LogP contribution in [0.1, 0.15) is 0 Å². The summed E-state index contributed by atoms with van der Waals surface area (Å²) in [6.45, 7) is -1.33. The highest BCUT2D eigenvalue weighted by molar-refractivity contribution is 5.35. The number of nitrogens with zero attached hydrogens (tertiary/aromatic N) is 1. The lowest BCUT2D eigenvalue weighted by Crippen LogP contribution is -2.19. The first-order chi connectivity index (χ1) is 6.51. The Morgan fingerprint density at radius 2 is 2.14 bits per heavy atom. The Labute approximate surface area is 77.9 Å². The summed E-state index contributed by atoms with van der Waals surface area (Å²) in [7, 11) is 0. The van der Waals surface area contributed by atoms with E-state index in [0.717, 1.165) is 6.20 Å². The largest absolute Gasteiger partial charge is 0.483 e. The van der Waals surface area contributed by atoms with Crippen molar-refractivity contribution in [3.63, 3.8) is 0 Å². The van der Waals surface area contributed by atoms with Crippen LogP contribution in [-0.4, -0.2) is 17.8 Å². The summed E-state index contributed by atoms with van der Waals surface area (Å²) in [4.78, 5) is 3.67. The third-order valence-electron chi connectivity index (χ3n) is 1.29. The fraction of sp³-hybridized carbons (Fsp3) is 0.286. The maximum absolute atomic E-state index is 11.7. The average Bonchev–Trinajstić information content (AvgIpc) is 2.14. The summed E-state index contributed by atoms with van der Waals surface area (Å²) in [5.41, 5.74) is 2.24. The van der Waals surface area contributed by atoms with E-state index in [9.17, 15) is 13.2 Å². The molecule has 0 aromatic carbocycles. The summed E-state index contributed by atoms with van der Waals surface area (Å²) >= 11 is 0. The van der Waals surface area contributed by atoms with Crippen molar-refractivity contribution in [2.24, 2.45) is 5.84 Å². The summed E-state index contributed by atoms with van der Waals surface area (Å²) in [6.07, 6.45) is -3.19. The molecule has 0 radical (unpaired) electrons. The summed E-state index contributed by atoms with van der Waals surface area (Å²) in [5, 5.41) is 0. The van der Waals surface area contributed by atoms with Gasteiger partial charge < -0.3 is 10.2 Å². The van der Waals surface area contributed by atoms with Gasteiger partial charge in [-0.05, 0) is 12.1 Å². The molecule has 0 spiro atoms. The van der Waals surface area contributed by atoms with Crippen molar-refractivity contribution in [1.82, 2.24) is 4.98 Å². The molecule has 0 saturated carbocycles. The summed E-state index contributed by atoms with van der Waals surface area (Å²) in [5.74, 6) is 5.40. The fourth-order valence-electron chi connectivity index (χ4n) is 0.716. The molecule has 0 amide bonds. The third-order valence-corrected chi connectivity index (χ3v) is 1.29. The number of rotatable bonds is 3. The van der Waals surface area contributed by atoms with Gasteiger partial charge >= 0.3 is 6.18 Å². The van der Waals surface area contributed by atoms with Crippen LogP contribution < -0.4 is 16.0 Å². The van der Waals surface area contributed by atoms with E-state index in [4.69, 9.17) is 5.84 Å². The first-order valence-electron chi connectivity index (χ1n) is 3.63. The molecule has 1 aromatic rings. The monoisotopic (exact) mass is 207 g/mol. The van der Waals surface area contributed by atoms with Crippen molar-refractivity contribution in [3.05, 3.63) is 18.3 Å². The topological polar surface area (TPSA) is 60.2 Å². The van der Waals surface area contributed by atoms with E-state index >= 15 is 0 Å². The van der Waals surface area contributed by atoms with Crippen molar-refractivity contribution < 1.29 is 17.9 Å². The van der Waals surface area contributed by atoms with Crippen molar-refractivity contribution in [3.8, 4) is 5.75 Å². The van der Waals surface area contributed by atoms with Crippen LogP contribution in [0, 0.1) is 0 Å². The van der Waals surface area contributed by atoms with Gasteiger partial charge in [-0.3, -0.25) is 0 Å². The van der Waals surface area contributed by atoms with Gasteiger partial charge in [0.15, 0.2) is 6.61 Å². The number of nitrogens with one attached hydrogen (secondary N) is 1. The minimum atomic E-state index is -4.34. The maximum Gasteiger partial charge on any atom is 0.422 e. The Hall–Kier alpha value is -1.50. The number of hydrogen-bond donors (Lipinski definition) is 2. The molecule has 1 heterocycles. The number of hydrazine groups is 1. The highest BCUT2D eigenvalue weighted by atomic mass is 19.4. The van der Waals surface area contributed by atoms with Gasteiger partial charge in [-0.25, -0.2) is 10.8 Å². The van der Waals surface area contributed by atoms with E-state index in [1.54, 1.807) is 0 Å². The molecule has 0 aliphatic heterocycles. The minimum absolute atomic E-state index is 0.0429.